The Morgan fingerprint density at radius 3 is 1.95 bits per heavy atom. The zero-order valence-electron chi connectivity index (χ0n) is 12.3. The molecule has 0 heterocycles. The van der Waals surface area contributed by atoms with Gasteiger partial charge in [-0.05, 0) is 34.6 Å². The standard InChI is InChI=1S/C17H19O3P.Li.H/c1-3-19-14-11-8-12-15(20-4-2)16(14)21-17(18)13-9-6-5-7-10-13;;/h5-12,21H,3-4H2,1-2H3;;. The SMILES string of the molecule is CCOc1cccc(OCC)c1PC(=O)c1ccccc1.[LiH]. The first kappa shape index (κ1) is 18.8. The zero-order chi connectivity index (χ0) is 15.1. The van der Waals surface area contributed by atoms with Gasteiger partial charge < -0.3 is 9.47 Å². The van der Waals surface area contributed by atoms with Gasteiger partial charge in [0.2, 0.25) is 0 Å². The molecule has 0 N–H and O–H groups in total. The van der Waals surface area contributed by atoms with Crippen molar-refractivity contribution in [2.45, 2.75) is 13.8 Å². The Hall–Kier alpha value is -1.26. The van der Waals surface area contributed by atoms with Crippen molar-refractivity contribution in [1.82, 2.24) is 0 Å². The van der Waals surface area contributed by atoms with Gasteiger partial charge in [-0.15, -0.1) is 0 Å². The molecule has 0 saturated heterocycles. The number of hydrogen-bond donors (Lipinski definition) is 0. The van der Waals surface area contributed by atoms with Crippen LogP contribution in [0.5, 0.6) is 11.5 Å². The molecule has 0 aliphatic rings. The van der Waals surface area contributed by atoms with Crippen molar-refractivity contribution in [3.05, 3.63) is 54.1 Å². The number of carbonyl (C=O) groups is 1. The summed E-state index contributed by atoms with van der Waals surface area (Å²) in [7, 11) is -0.0159. The summed E-state index contributed by atoms with van der Waals surface area (Å²) in [6, 6.07) is 15.0. The molecule has 0 saturated carbocycles. The summed E-state index contributed by atoms with van der Waals surface area (Å²) in [4.78, 5) is 12.4. The van der Waals surface area contributed by atoms with Gasteiger partial charge in [0.15, 0.2) is 5.52 Å². The third-order valence-electron chi connectivity index (χ3n) is 2.86. The van der Waals surface area contributed by atoms with Crippen molar-refractivity contribution in [2.24, 2.45) is 0 Å². The third-order valence-corrected chi connectivity index (χ3v) is 4.12. The van der Waals surface area contributed by atoms with Gasteiger partial charge in [-0.2, -0.15) is 0 Å². The number of hydrogen-bond acceptors (Lipinski definition) is 3. The molecule has 0 bridgehead atoms. The molecular weight excluding hydrogens is 290 g/mol. The fourth-order valence-electron chi connectivity index (χ4n) is 1.96. The Bertz CT molecular complexity index is 578. The van der Waals surface area contributed by atoms with Crippen molar-refractivity contribution in [2.75, 3.05) is 13.2 Å². The van der Waals surface area contributed by atoms with E-state index in [9.17, 15) is 4.79 Å². The van der Waals surface area contributed by atoms with E-state index in [-0.39, 0.29) is 33.0 Å². The molecule has 0 aliphatic carbocycles. The van der Waals surface area contributed by atoms with Crippen LogP contribution in [0.3, 0.4) is 0 Å². The van der Waals surface area contributed by atoms with Crippen LogP contribution in [0.4, 0.5) is 0 Å². The predicted octanol–water partition coefficient (Wildman–Crippen LogP) is 2.98. The summed E-state index contributed by atoms with van der Waals surface area (Å²) in [6.07, 6.45) is 0. The van der Waals surface area contributed by atoms with Gasteiger partial charge in [-0.1, -0.05) is 36.4 Å². The van der Waals surface area contributed by atoms with Gasteiger partial charge in [0, 0.05) is 5.56 Å². The summed E-state index contributed by atoms with van der Waals surface area (Å²) < 4.78 is 11.3. The zero-order valence-corrected chi connectivity index (χ0v) is 13.3. The molecule has 112 valence electrons. The van der Waals surface area contributed by atoms with E-state index in [4.69, 9.17) is 9.47 Å². The van der Waals surface area contributed by atoms with Gasteiger partial charge in [0.05, 0.1) is 18.5 Å². The molecule has 0 spiro atoms. The molecule has 3 nitrogen and oxygen atoms in total. The van der Waals surface area contributed by atoms with Crippen LogP contribution in [-0.2, 0) is 0 Å². The second-order valence-corrected chi connectivity index (χ2v) is 5.52. The molecule has 0 radical (unpaired) electrons. The Morgan fingerprint density at radius 1 is 0.909 bits per heavy atom. The molecule has 1 atom stereocenters. The van der Waals surface area contributed by atoms with Crippen LogP contribution in [0, 0.1) is 0 Å². The average molecular weight is 310 g/mol. The summed E-state index contributed by atoms with van der Waals surface area (Å²) in [5, 5.41) is 0.843. The van der Waals surface area contributed by atoms with E-state index in [1.54, 1.807) is 0 Å². The van der Waals surface area contributed by atoms with Gasteiger partial charge in [-0.25, -0.2) is 0 Å². The van der Waals surface area contributed by atoms with Crippen molar-refractivity contribution < 1.29 is 14.3 Å². The van der Waals surface area contributed by atoms with E-state index in [0.717, 1.165) is 16.8 Å². The Kier molecular flexibility index (Phi) is 8.28. The summed E-state index contributed by atoms with van der Waals surface area (Å²) >= 11 is 0. The van der Waals surface area contributed by atoms with E-state index in [1.807, 2.05) is 62.4 Å². The molecular formula is C17H20LiO3P. The third kappa shape index (κ3) is 4.89. The first-order valence-corrected chi connectivity index (χ1v) is 8.01. The van der Waals surface area contributed by atoms with Crippen LogP contribution in [0.25, 0.3) is 0 Å². The van der Waals surface area contributed by atoms with Crippen LogP contribution in [0.15, 0.2) is 48.5 Å². The Labute approximate surface area is 145 Å². The van der Waals surface area contributed by atoms with E-state index in [1.165, 1.54) is 0 Å². The Morgan fingerprint density at radius 2 is 1.45 bits per heavy atom. The number of ether oxygens (including phenoxy) is 2. The second-order valence-electron chi connectivity index (χ2n) is 4.32. The molecule has 5 heteroatoms. The number of rotatable bonds is 7. The van der Waals surface area contributed by atoms with Crippen LogP contribution >= 0.6 is 8.58 Å². The van der Waals surface area contributed by atoms with Gasteiger partial charge in [0.25, 0.3) is 0 Å². The minimum absolute atomic E-state index is 0. The average Bonchev–Trinajstić information content (AvgIpc) is 2.51. The molecule has 0 amide bonds. The first-order chi connectivity index (χ1) is 10.3. The fourth-order valence-corrected chi connectivity index (χ4v) is 3.06. The van der Waals surface area contributed by atoms with Crippen molar-refractivity contribution in [1.29, 1.82) is 0 Å². The molecule has 0 aromatic heterocycles. The predicted molar refractivity (Wildman–Crippen MR) is 94.7 cm³/mol. The number of benzene rings is 2. The van der Waals surface area contributed by atoms with E-state index < -0.39 is 0 Å². The Balaban J connectivity index is 0.00000242. The molecule has 0 fully saturated rings. The first-order valence-electron chi connectivity index (χ1n) is 7.01. The normalized spacial score (nSPS) is 10.3. The summed E-state index contributed by atoms with van der Waals surface area (Å²) in [5.74, 6) is 1.46. The van der Waals surface area contributed by atoms with Gasteiger partial charge in [0.1, 0.15) is 11.5 Å². The van der Waals surface area contributed by atoms with Crippen LogP contribution in [0.2, 0.25) is 0 Å². The molecule has 2 rings (SSSR count). The van der Waals surface area contributed by atoms with Crippen molar-refractivity contribution in [3.63, 3.8) is 0 Å². The van der Waals surface area contributed by atoms with Gasteiger partial charge in [-0.3, -0.25) is 4.79 Å². The van der Waals surface area contributed by atoms with Crippen molar-refractivity contribution >= 4 is 38.3 Å². The summed E-state index contributed by atoms with van der Waals surface area (Å²) in [6.45, 7) is 4.98. The van der Waals surface area contributed by atoms with Crippen LogP contribution in [-0.4, -0.2) is 37.6 Å². The molecule has 1 unspecified atom stereocenters. The van der Waals surface area contributed by atoms with E-state index in [0.29, 0.717) is 18.8 Å². The second kappa shape index (κ2) is 9.69. The van der Waals surface area contributed by atoms with Crippen molar-refractivity contribution in [3.8, 4) is 11.5 Å². The minimum atomic E-state index is -0.0159. The van der Waals surface area contributed by atoms with Gasteiger partial charge >= 0.3 is 18.9 Å². The maximum absolute atomic E-state index is 12.4. The fraction of sp³-hybridized carbons (Fsp3) is 0.235. The summed E-state index contributed by atoms with van der Waals surface area (Å²) in [5.41, 5.74) is 0.799. The molecule has 2 aromatic carbocycles. The topological polar surface area (TPSA) is 35.5 Å². The van der Waals surface area contributed by atoms with Crippen LogP contribution < -0.4 is 14.8 Å². The monoisotopic (exact) mass is 310 g/mol. The quantitative estimate of drug-likeness (QED) is 0.582. The molecule has 22 heavy (non-hydrogen) atoms. The van der Waals surface area contributed by atoms with E-state index in [2.05, 4.69) is 0 Å². The molecule has 2 aromatic rings. The number of carbonyl (C=O) groups excluding carboxylic acids is 1. The maximum atomic E-state index is 12.4. The van der Waals surface area contributed by atoms with E-state index >= 15 is 0 Å². The molecule has 0 aliphatic heterocycles. The van der Waals surface area contributed by atoms with Crippen LogP contribution in [0.1, 0.15) is 24.2 Å².